The first-order valence-electron chi connectivity index (χ1n) is 5.02. The van der Waals surface area contributed by atoms with Crippen molar-refractivity contribution >= 4 is 44.9 Å². The van der Waals surface area contributed by atoms with Crippen LogP contribution in [-0.4, -0.2) is 15.9 Å². The summed E-state index contributed by atoms with van der Waals surface area (Å²) in [4.78, 5) is 18.9. The molecular weight excluding hydrogens is 339 g/mol. The zero-order valence-corrected chi connectivity index (χ0v) is 11.7. The van der Waals surface area contributed by atoms with Crippen molar-refractivity contribution in [3.63, 3.8) is 0 Å². The molecule has 1 aromatic heterocycles. The van der Waals surface area contributed by atoms with Gasteiger partial charge in [0, 0.05) is 6.20 Å². The molecule has 1 heterocycles. The molecule has 0 saturated heterocycles. The predicted octanol–water partition coefficient (Wildman–Crippen LogP) is 2.87. The molecule has 0 saturated carbocycles. The molecule has 98 valence electrons. The SMILES string of the molecule is NC(=O)c1c(F)cccc1Nc1nc(Cl)ncc1Br. The van der Waals surface area contributed by atoms with Gasteiger partial charge in [0.1, 0.15) is 11.6 Å². The van der Waals surface area contributed by atoms with E-state index in [4.69, 9.17) is 17.3 Å². The molecule has 0 bridgehead atoms. The molecule has 0 atom stereocenters. The highest BCUT2D eigenvalue weighted by atomic mass is 79.9. The smallest absolute Gasteiger partial charge is 0.253 e. The fourth-order valence-electron chi connectivity index (χ4n) is 1.44. The predicted molar refractivity (Wildman–Crippen MR) is 72.9 cm³/mol. The maximum Gasteiger partial charge on any atom is 0.253 e. The first kappa shape index (κ1) is 13.7. The van der Waals surface area contributed by atoms with Crippen molar-refractivity contribution in [1.29, 1.82) is 0 Å². The number of carbonyl (C=O) groups is 1. The first-order chi connectivity index (χ1) is 8.99. The van der Waals surface area contributed by atoms with E-state index in [1.54, 1.807) is 0 Å². The number of nitrogens with two attached hydrogens (primary N) is 1. The Morgan fingerprint density at radius 2 is 2.21 bits per heavy atom. The first-order valence-corrected chi connectivity index (χ1v) is 6.19. The molecule has 0 radical (unpaired) electrons. The van der Waals surface area contributed by atoms with E-state index in [1.807, 2.05) is 0 Å². The van der Waals surface area contributed by atoms with Crippen LogP contribution >= 0.6 is 27.5 Å². The molecule has 5 nitrogen and oxygen atoms in total. The van der Waals surface area contributed by atoms with Crippen LogP contribution in [0.25, 0.3) is 0 Å². The van der Waals surface area contributed by atoms with Crippen LogP contribution in [0.1, 0.15) is 10.4 Å². The monoisotopic (exact) mass is 344 g/mol. The van der Waals surface area contributed by atoms with Gasteiger partial charge in [-0.3, -0.25) is 4.79 Å². The highest BCUT2D eigenvalue weighted by molar-refractivity contribution is 9.10. The fraction of sp³-hybridized carbons (Fsp3) is 0. The van der Waals surface area contributed by atoms with Gasteiger partial charge in [-0.2, -0.15) is 4.98 Å². The van der Waals surface area contributed by atoms with E-state index >= 15 is 0 Å². The van der Waals surface area contributed by atoms with Crippen molar-refractivity contribution in [3.05, 3.63) is 45.5 Å². The summed E-state index contributed by atoms with van der Waals surface area (Å²) >= 11 is 8.88. The third-order valence-electron chi connectivity index (χ3n) is 2.23. The van der Waals surface area contributed by atoms with Crippen molar-refractivity contribution in [3.8, 4) is 0 Å². The lowest BCUT2D eigenvalue weighted by Gasteiger charge is -2.11. The lowest BCUT2D eigenvalue weighted by Crippen LogP contribution is -2.15. The van der Waals surface area contributed by atoms with Gasteiger partial charge >= 0.3 is 0 Å². The Morgan fingerprint density at radius 3 is 2.89 bits per heavy atom. The Bertz CT molecular complexity index is 653. The van der Waals surface area contributed by atoms with Crippen LogP contribution < -0.4 is 11.1 Å². The summed E-state index contributed by atoms with van der Waals surface area (Å²) in [5.41, 5.74) is 5.10. The van der Waals surface area contributed by atoms with Crippen molar-refractivity contribution in [1.82, 2.24) is 9.97 Å². The van der Waals surface area contributed by atoms with Crippen molar-refractivity contribution in [2.24, 2.45) is 5.73 Å². The van der Waals surface area contributed by atoms with E-state index < -0.39 is 11.7 Å². The Morgan fingerprint density at radius 1 is 1.47 bits per heavy atom. The zero-order chi connectivity index (χ0) is 14.0. The maximum atomic E-state index is 13.6. The number of aromatic nitrogens is 2. The average Bonchev–Trinajstić information content (AvgIpc) is 2.33. The van der Waals surface area contributed by atoms with E-state index in [0.29, 0.717) is 10.3 Å². The van der Waals surface area contributed by atoms with E-state index in [9.17, 15) is 9.18 Å². The lowest BCUT2D eigenvalue weighted by molar-refractivity contribution is 0.0997. The molecule has 19 heavy (non-hydrogen) atoms. The summed E-state index contributed by atoms with van der Waals surface area (Å²) < 4.78 is 14.1. The fourth-order valence-corrected chi connectivity index (χ4v) is 1.86. The van der Waals surface area contributed by atoms with Gasteiger partial charge in [-0.1, -0.05) is 6.07 Å². The molecule has 0 aliphatic rings. The second kappa shape index (κ2) is 5.50. The number of hydrogen-bond donors (Lipinski definition) is 2. The standard InChI is InChI=1S/C11H7BrClFN4O/c12-5-4-16-11(13)18-10(5)17-7-3-1-2-6(14)8(7)9(15)19/h1-4H,(H2,15,19)(H,16,17,18). The average molecular weight is 346 g/mol. The van der Waals surface area contributed by atoms with Gasteiger partial charge in [-0.25, -0.2) is 9.37 Å². The molecule has 0 spiro atoms. The number of nitrogens with zero attached hydrogens (tertiary/aromatic N) is 2. The van der Waals surface area contributed by atoms with Crippen LogP contribution in [0, 0.1) is 5.82 Å². The molecule has 0 aliphatic heterocycles. The van der Waals surface area contributed by atoms with E-state index in [2.05, 4.69) is 31.2 Å². The zero-order valence-electron chi connectivity index (χ0n) is 9.32. The third kappa shape index (κ3) is 2.99. The van der Waals surface area contributed by atoms with Gasteiger partial charge in [0.2, 0.25) is 5.28 Å². The Hall–Kier alpha value is -1.73. The quantitative estimate of drug-likeness (QED) is 0.838. The topological polar surface area (TPSA) is 80.9 Å². The molecule has 0 fully saturated rings. The Balaban J connectivity index is 2.46. The van der Waals surface area contributed by atoms with Crippen molar-refractivity contribution in [2.45, 2.75) is 0 Å². The van der Waals surface area contributed by atoms with E-state index in [0.717, 1.165) is 6.07 Å². The minimum Gasteiger partial charge on any atom is -0.365 e. The lowest BCUT2D eigenvalue weighted by atomic mass is 10.1. The number of nitrogens with one attached hydrogen (secondary N) is 1. The molecule has 2 aromatic rings. The summed E-state index contributed by atoms with van der Waals surface area (Å²) in [5.74, 6) is -1.29. The van der Waals surface area contributed by atoms with Crippen molar-refractivity contribution < 1.29 is 9.18 Å². The largest absolute Gasteiger partial charge is 0.365 e. The van der Waals surface area contributed by atoms with Crippen molar-refractivity contribution in [2.75, 3.05) is 5.32 Å². The van der Waals surface area contributed by atoms with Crippen LogP contribution in [0.2, 0.25) is 5.28 Å². The Kier molecular flexibility index (Phi) is 3.96. The van der Waals surface area contributed by atoms with Crippen LogP contribution in [0.5, 0.6) is 0 Å². The molecule has 8 heteroatoms. The normalized spacial score (nSPS) is 10.3. The second-order valence-electron chi connectivity index (χ2n) is 3.49. The Labute approximate surface area is 121 Å². The van der Waals surface area contributed by atoms with Crippen LogP contribution in [0.4, 0.5) is 15.9 Å². The number of anilines is 2. The van der Waals surface area contributed by atoms with Gasteiger partial charge in [-0.05, 0) is 39.7 Å². The van der Waals surface area contributed by atoms with Crippen LogP contribution in [-0.2, 0) is 0 Å². The minimum absolute atomic E-state index is 0.0164. The molecule has 3 N–H and O–H groups in total. The van der Waals surface area contributed by atoms with Gasteiger partial charge in [0.15, 0.2) is 0 Å². The number of amides is 1. The molecule has 1 amide bonds. The number of rotatable bonds is 3. The maximum absolute atomic E-state index is 13.6. The summed E-state index contributed by atoms with van der Waals surface area (Å²) in [6, 6.07) is 4.10. The van der Waals surface area contributed by atoms with Gasteiger partial charge < -0.3 is 11.1 Å². The highest BCUT2D eigenvalue weighted by Crippen LogP contribution is 2.27. The molecular formula is C11H7BrClFN4O. The number of primary amides is 1. The molecule has 0 unspecified atom stereocenters. The van der Waals surface area contributed by atoms with Gasteiger partial charge in [0.25, 0.3) is 5.91 Å². The van der Waals surface area contributed by atoms with E-state index in [1.165, 1.54) is 18.3 Å². The summed E-state index contributed by atoms with van der Waals surface area (Å²) in [7, 11) is 0. The number of halogens is 3. The third-order valence-corrected chi connectivity index (χ3v) is 2.99. The molecule has 0 aliphatic carbocycles. The van der Waals surface area contributed by atoms with Gasteiger partial charge in [0.05, 0.1) is 15.7 Å². The molecule has 2 rings (SSSR count). The second-order valence-corrected chi connectivity index (χ2v) is 4.68. The summed E-state index contributed by atoms with van der Waals surface area (Å²) in [6.07, 6.45) is 1.43. The van der Waals surface area contributed by atoms with Crippen LogP contribution in [0.15, 0.2) is 28.9 Å². The highest BCUT2D eigenvalue weighted by Gasteiger charge is 2.15. The van der Waals surface area contributed by atoms with E-state index in [-0.39, 0.29) is 16.5 Å². The van der Waals surface area contributed by atoms with Gasteiger partial charge in [-0.15, -0.1) is 0 Å². The summed E-state index contributed by atoms with van der Waals surface area (Å²) in [6.45, 7) is 0. The number of carbonyl (C=O) groups excluding carboxylic acids is 1. The van der Waals surface area contributed by atoms with Crippen LogP contribution in [0.3, 0.4) is 0 Å². The number of hydrogen-bond acceptors (Lipinski definition) is 4. The minimum atomic E-state index is -0.878. The summed E-state index contributed by atoms with van der Waals surface area (Å²) in [5, 5.41) is 2.80. The number of benzene rings is 1. The molecule has 1 aromatic carbocycles.